The zero-order valence-corrected chi connectivity index (χ0v) is 12.9. The third kappa shape index (κ3) is 3.04. The van der Waals surface area contributed by atoms with Gasteiger partial charge in [-0.05, 0) is 26.0 Å². The number of rotatable bonds is 4. The van der Waals surface area contributed by atoms with Crippen LogP contribution in [0.3, 0.4) is 0 Å². The largest absolute Gasteiger partial charge is 0.330 e. The molecule has 21 heavy (non-hydrogen) atoms. The van der Waals surface area contributed by atoms with Crippen molar-refractivity contribution in [3.8, 4) is 21.8 Å². The molecule has 3 aromatic rings. The van der Waals surface area contributed by atoms with Crippen LogP contribution in [0.1, 0.15) is 10.4 Å². The summed E-state index contributed by atoms with van der Waals surface area (Å²) in [5.74, 6) is 0. The number of nitrogens with zero attached hydrogens (tertiary/aromatic N) is 1. The molecule has 2 aromatic carbocycles. The highest BCUT2D eigenvalue weighted by atomic mass is 32.1. The van der Waals surface area contributed by atoms with Crippen molar-refractivity contribution in [1.82, 2.24) is 4.98 Å². The molecule has 0 unspecified atom stereocenters. The Bertz CT molecular complexity index is 732. The predicted octanol–water partition coefficient (Wildman–Crippen LogP) is 4.29. The highest BCUT2D eigenvalue weighted by Gasteiger charge is 2.13. The van der Waals surface area contributed by atoms with Gasteiger partial charge in [-0.15, -0.1) is 11.3 Å². The lowest BCUT2D eigenvalue weighted by atomic mass is 10.1. The number of aryl methyl sites for hydroxylation is 1. The van der Waals surface area contributed by atoms with Crippen molar-refractivity contribution < 1.29 is 0 Å². The van der Waals surface area contributed by atoms with Gasteiger partial charge in [0.15, 0.2) is 0 Å². The summed E-state index contributed by atoms with van der Waals surface area (Å²) in [7, 11) is 0. The van der Waals surface area contributed by atoms with Crippen LogP contribution in [0.15, 0.2) is 54.6 Å². The third-order valence-electron chi connectivity index (χ3n) is 3.38. The second-order valence-electron chi connectivity index (χ2n) is 5.06. The van der Waals surface area contributed by atoms with Crippen LogP contribution in [0.2, 0.25) is 0 Å². The second kappa shape index (κ2) is 6.20. The summed E-state index contributed by atoms with van der Waals surface area (Å²) in [6.45, 7) is 2.76. The van der Waals surface area contributed by atoms with Gasteiger partial charge >= 0.3 is 0 Å². The molecule has 106 valence electrons. The van der Waals surface area contributed by atoms with E-state index in [-0.39, 0.29) is 0 Å². The molecule has 0 amide bonds. The Hall–Kier alpha value is -1.97. The molecule has 0 spiro atoms. The number of aromatic nitrogens is 1. The molecule has 0 bridgehead atoms. The number of hydrogen-bond acceptors (Lipinski definition) is 3. The maximum absolute atomic E-state index is 5.76. The SMILES string of the molecule is Cc1cccc(-c2nc(-c3ccccc3)c(CCN)s2)c1. The summed E-state index contributed by atoms with van der Waals surface area (Å²) in [5, 5.41) is 1.07. The average molecular weight is 294 g/mol. The van der Waals surface area contributed by atoms with Gasteiger partial charge < -0.3 is 5.73 Å². The van der Waals surface area contributed by atoms with Crippen molar-refractivity contribution in [2.45, 2.75) is 13.3 Å². The van der Waals surface area contributed by atoms with E-state index in [1.807, 2.05) is 18.2 Å². The van der Waals surface area contributed by atoms with Crippen LogP contribution in [0.4, 0.5) is 0 Å². The number of thiazole rings is 1. The summed E-state index contributed by atoms with van der Waals surface area (Å²) in [6.07, 6.45) is 0.869. The van der Waals surface area contributed by atoms with Crippen LogP contribution in [0.25, 0.3) is 21.8 Å². The summed E-state index contributed by atoms with van der Waals surface area (Å²) >= 11 is 1.75. The van der Waals surface area contributed by atoms with E-state index in [4.69, 9.17) is 10.7 Å². The summed E-state index contributed by atoms with van der Waals surface area (Å²) in [5.41, 5.74) is 10.4. The van der Waals surface area contributed by atoms with Gasteiger partial charge in [-0.1, -0.05) is 54.1 Å². The van der Waals surface area contributed by atoms with E-state index in [1.54, 1.807) is 11.3 Å². The molecule has 0 saturated heterocycles. The van der Waals surface area contributed by atoms with Gasteiger partial charge in [0.1, 0.15) is 5.01 Å². The van der Waals surface area contributed by atoms with Gasteiger partial charge in [0.2, 0.25) is 0 Å². The molecule has 0 fully saturated rings. The molecule has 0 radical (unpaired) electrons. The zero-order valence-electron chi connectivity index (χ0n) is 12.0. The summed E-state index contributed by atoms with van der Waals surface area (Å²) < 4.78 is 0. The van der Waals surface area contributed by atoms with Crippen molar-refractivity contribution in [3.63, 3.8) is 0 Å². The van der Waals surface area contributed by atoms with Crippen LogP contribution in [0.5, 0.6) is 0 Å². The molecule has 3 rings (SSSR count). The quantitative estimate of drug-likeness (QED) is 0.779. The fraction of sp³-hybridized carbons (Fsp3) is 0.167. The molecule has 2 N–H and O–H groups in total. The lowest BCUT2D eigenvalue weighted by Gasteiger charge is -2.00. The van der Waals surface area contributed by atoms with Gasteiger partial charge in [-0.3, -0.25) is 0 Å². The molecule has 0 aliphatic heterocycles. The normalized spacial score (nSPS) is 10.8. The summed E-state index contributed by atoms with van der Waals surface area (Å²) in [4.78, 5) is 6.14. The fourth-order valence-electron chi connectivity index (χ4n) is 2.38. The van der Waals surface area contributed by atoms with Crippen LogP contribution >= 0.6 is 11.3 Å². The Morgan fingerprint density at radius 1 is 1.00 bits per heavy atom. The Morgan fingerprint density at radius 3 is 2.48 bits per heavy atom. The minimum atomic E-state index is 0.648. The average Bonchev–Trinajstić information content (AvgIpc) is 2.93. The highest BCUT2D eigenvalue weighted by Crippen LogP contribution is 2.34. The minimum Gasteiger partial charge on any atom is -0.330 e. The van der Waals surface area contributed by atoms with E-state index in [2.05, 4.69) is 43.3 Å². The van der Waals surface area contributed by atoms with Crippen LogP contribution in [0, 0.1) is 6.92 Å². The smallest absolute Gasteiger partial charge is 0.124 e. The number of hydrogen-bond donors (Lipinski definition) is 1. The molecule has 0 aliphatic rings. The van der Waals surface area contributed by atoms with Crippen molar-refractivity contribution in [1.29, 1.82) is 0 Å². The molecule has 1 aromatic heterocycles. The first-order chi connectivity index (χ1) is 10.3. The van der Waals surface area contributed by atoms with Crippen molar-refractivity contribution >= 4 is 11.3 Å². The molecule has 0 atom stereocenters. The Kier molecular flexibility index (Phi) is 4.13. The van der Waals surface area contributed by atoms with E-state index < -0.39 is 0 Å². The maximum Gasteiger partial charge on any atom is 0.124 e. The van der Waals surface area contributed by atoms with Crippen LogP contribution < -0.4 is 5.73 Å². The van der Waals surface area contributed by atoms with Crippen molar-refractivity contribution in [2.24, 2.45) is 5.73 Å². The lowest BCUT2D eigenvalue weighted by molar-refractivity contribution is 0.986. The standard InChI is InChI=1S/C18H18N2S/c1-13-6-5-9-15(12-13)18-20-17(16(21-18)10-11-19)14-7-3-2-4-8-14/h2-9,12H,10-11,19H2,1H3. The van der Waals surface area contributed by atoms with E-state index in [0.717, 1.165) is 22.7 Å². The first-order valence-electron chi connectivity index (χ1n) is 7.10. The van der Waals surface area contributed by atoms with Gasteiger partial charge in [0, 0.05) is 16.0 Å². The summed E-state index contributed by atoms with van der Waals surface area (Å²) in [6, 6.07) is 18.8. The second-order valence-corrected chi connectivity index (χ2v) is 6.15. The maximum atomic E-state index is 5.76. The highest BCUT2D eigenvalue weighted by molar-refractivity contribution is 7.15. The van der Waals surface area contributed by atoms with Crippen LogP contribution in [-0.4, -0.2) is 11.5 Å². The van der Waals surface area contributed by atoms with Crippen LogP contribution in [-0.2, 0) is 6.42 Å². The lowest BCUT2D eigenvalue weighted by Crippen LogP contribution is -2.02. The Balaban J connectivity index is 2.08. The predicted molar refractivity (Wildman–Crippen MR) is 90.5 cm³/mol. The van der Waals surface area contributed by atoms with E-state index in [1.165, 1.54) is 16.0 Å². The van der Waals surface area contributed by atoms with E-state index in [0.29, 0.717) is 6.54 Å². The fourth-order valence-corrected chi connectivity index (χ4v) is 3.47. The topological polar surface area (TPSA) is 38.9 Å². The first-order valence-corrected chi connectivity index (χ1v) is 7.92. The molecular formula is C18H18N2S. The first kappa shape index (κ1) is 14.0. The zero-order chi connectivity index (χ0) is 14.7. The van der Waals surface area contributed by atoms with Gasteiger partial charge in [-0.2, -0.15) is 0 Å². The van der Waals surface area contributed by atoms with E-state index in [9.17, 15) is 0 Å². The van der Waals surface area contributed by atoms with Crippen molar-refractivity contribution in [3.05, 3.63) is 65.0 Å². The molecule has 1 heterocycles. The van der Waals surface area contributed by atoms with E-state index >= 15 is 0 Å². The monoisotopic (exact) mass is 294 g/mol. The molecule has 0 saturated carbocycles. The Morgan fingerprint density at radius 2 is 1.76 bits per heavy atom. The minimum absolute atomic E-state index is 0.648. The van der Waals surface area contributed by atoms with Gasteiger partial charge in [0.25, 0.3) is 0 Å². The molecule has 2 nitrogen and oxygen atoms in total. The molecule has 3 heteroatoms. The molecule has 0 aliphatic carbocycles. The number of nitrogens with two attached hydrogens (primary N) is 1. The Labute approximate surface area is 129 Å². The third-order valence-corrected chi connectivity index (χ3v) is 4.55. The van der Waals surface area contributed by atoms with Gasteiger partial charge in [-0.25, -0.2) is 4.98 Å². The van der Waals surface area contributed by atoms with Gasteiger partial charge in [0.05, 0.1) is 5.69 Å². The number of benzene rings is 2. The molecular weight excluding hydrogens is 276 g/mol. The van der Waals surface area contributed by atoms with Crippen molar-refractivity contribution in [2.75, 3.05) is 6.54 Å².